The lowest BCUT2D eigenvalue weighted by Crippen LogP contribution is -2.13. The Balaban J connectivity index is 1.95. The van der Waals surface area contributed by atoms with Gasteiger partial charge in [-0.15, -0.1) is 0 Å². The summed E-state index contributed by atoms with van der Waals surface area (Å²) in [5.74, 6) is 0.894. The fraction of sp³-hybridized carbons (Fsp3) is 0.429. The third-order valence-electron chi connectivity index (χ3n) is 2.82. The van der Waals surface area contributed by atoms with E-state index in [2.05, 4.69) is 26.0 Å². The molecule has 2 aromatic heterocycles. The molecule has 5 heteroatoms. The third kappa shape index (κ3) is 4.06. The average Bonchev–Trinajstić information content (AvgIpc) is 2.78. The minimum atomic E-state index is 0.673. The van der Waals surface area contributed by atoms with E-state index in [1.165, 1.54) is 0 Å². The van der Waals surface area contributed by atoms with E-state index < -0.39 is 0 Å². The van der Waals surface area contributed by atoms with Gasteiger partial charge < -0.3 is 14.6 Å². The van der Waals surface area contributed by atoms with Crippen LogP contribution >= 0.6 is 0 Å². The van der Waals surface area contributed by atoms with Crippen molar-refractivity contribution < 1.29 is 4.74 Å². The number of rotatable bonds is 7. The summed E-state index contributed by atoms with van der Waals surface area (Å²) in [7, 11) is 1.69. The molecule has 0 spiro atoms. The van der Waals surface area contributed by atoms with Crippen LogP contribution in [0, 0.1) is 6.92 Å². The number of pyridine rings is 1. The predicted octanol–water partition coefficient (Wildman–Crippen LogP) is 1.89. The number of aromatic nitrogens is 3. The molecule has 0 amide bonds. The van der Waals surface area contributed by atoms with Crippen molar-refractivity contribution in [2.24, 2.45) is 0 Å². The van der Waals surface area contributed by atoms with Crippen LogP contribution in [0.2, 0.25) is 0 Å². The van der Waals surface area contributed by atoms with Gasteiger partial charge in [-0.2, -0.15) is 0 Å². The van der Waals surface area contributed by atoms with Gasteiger partial charge in [-0.1, -0.05) is 6.07 Å². The molecule has 0 aliphatic carbocycles. The molecule has 0 unspecified atom stereocenters. The second-order valence-corrected chi connectivity index (χ2v) is 4.39. The number of imidazole rings is 1. The van der Waals surface area contributed by atoms with Crippen LogP contribution in [0.5, 0.6) is 0 Å². The van der Waals surface area contributed by atoms with Crippen LogP contribution in [-0.2, 0) is 17.7 Å². The van der Waals surface area contributed by atoms with E-state index in [9.17, 15) is 0 Å². The van der Waals surface area contributed by atoms with Crippen molar-refractivity contribution in [1.82, 2.24) is 14.5 Å². The van der Waals surface area contributed by atoms with E-state index in [0.29, 0.717) is 6.61 Å². The number of hydrogen-bond donors (Lipinski definition) is 1. The zero-order valence-corrected chi connectivity index (χ0v) is 11.5. The summed E-state index contributed by atoms with van der Waals surface area (Å²) in [5, 5.41) is 3.28. The van der Waals surface area contributed by atoms with Crippen LogP contribution < -0.4 is 5.32 Å². The Morgan fingerprint density at radius 1 is 1.37 bits per heavy atom. The molecule has 0 fully saturated rings. The molecule has 0 atom stereocenters. The molecule has 2 aromatic rings. The lowest BCUT2D eigenvalue weighted by atomic mass is 10.3. The normalized spacial score (nSPS) is 10.6. The van der Waals surface area contributed by atoms with Gasteiger partial charge in [-0.25, -0.2) is 4.98 Å². The molecule has 0 saturated carbocycles. The first-order chi connectivity index (χ1) is 9.29. The molecule has 0 radical (unpaired) electrons. The number of hydrogen-bond acceptors (Lipinski definition) is 4. The number of methoxy groups -OCH3 is 1. The Morgan fingerprint density at radius 3 is 3.00 bits per heavy atom. The minimum absolute atomic E-state index is 0.673. The smallest absolute Gasteiger partial charge is 0.203 e. The Labute approximate surface area is 113 Å². The molecule has 2 rings (SSSR count). The summed E-state index contributed by atoms with van der Waals surface area (Å²) in [6, 6.07) is 5.99. The number of nitrogens with one attached hydrogen (secondary N) is 1. The third-order valence-corrected chi connectivity index (χ3v) is 2.82. The fourth-order valence-electron chi connectivity index (χ4n) is 1.90. The predicted molar refractivity (Wildman–Crippen MR) is 75.3 cm³/mol. The number of anilines is 1. The van der Waals surface area contributed by atoms with Crippen LogP contribution in [0.1, 0.15) is 11.4 Å². The van der Waals surface area contributed by atoms with E-state index in [1.807, 2.05) is 31.3 Å². The van der Waals surface area contributed by atoms with Crippen molar-refractivity contribution in [2.75, 3.05) is 25.6 Å². The van der Waals surface area contributed by atoms with Crippen LogP contribution in [0.3, 0.4) is 0 Å². The minimum Gasteiger partial charge on any atom is -0.383 e. The highest BCUT2D eigenvalue weighted by molar-refractivity contribution is 5.28. The van der Waals surface area contributed by atoms with Gasteiger partial charge >= 0.3 is 0 Å². The summed E-state index contributed by atoms with van der Waals surface area (Å²) in [4.78, 5) is 8.80. The zero-order chi connectivity index (χ0) is 13.5. The molecule has 0 bridgehead atoms. The van der Waals surface area contributed by atoms with Gasteiger partial charge in [0.05, 0.1) is 12.3 Å². The molecule has 5 nitrogen and oxygen atoms in total. The highest BCUT2D eigenvalue weighted by Gasteiger charge is 2.05. The molecular weight excluding hydrogens is 240 g/mol. The summed E-state index contributed by atoms with van der Waals surface area (Å²) >= 11 is 0. The molecule has 0 aromatic carbocycles. The largest absolute Gasteiger partial charge is 0.383 e. The van der Waals surface area contributed by atoms with E-state index in [-0.39, 0.29) is 0 Å². The standard InChI is InChI=1S/C14H20N4O/c1-12-11-18(14(17-12)16-8-10-19-2)9-6-13-5-3-4-7-15-13/h3-5,7,11H,6,8-10H2,1-2H3,(H,16,17). The van der Waals surface area contributed by atoms with Gasteiger partial charge in [0, 0.05) is 44.7 Å². The Bertz CT molecular complexity index is 495. The summed E-state index contributed by atoms with van der Waals surface area (Å²) < 4.78 is 7.15. The van der Waals surface area contributed by atoms with Gasteiger partial charge in [-0.05, 0) is 19.1 Å². The first-order valence-corrected chi connectivity index (χ1v) is 6.46. The monoisotopic (exact) mass is 260 g/mol. The summed E-state index contributed by atoms with van der Waals surface area (Å²) in [6.45, 7) is 4.30. The second kappa shape index (κ2) is 6.89. The Morgan fingerprint density at radius 2 is 2.26 bits per heavy atom. The van der Waals surface area contributed by atoms with Crippen molar-refractivity contribution in [3.05, 3.63) is 42.0 Å². The van der Waals surface area contributed by atoms with E-state index in [1.54, 1.807) is 7.11 Å². The molecule has 0 saturated heterocycles. The number of aryl methyl sites for hydroxylation is 3. The first-order valence-electron chi connectivity index (χ1n) is 6.46. The highest BCUT2D eigenvalue weighted by Crippen LogP contribution is 2.09. The van der Waals surface area contributed by atoms with Gasteiger partial charge in [-0.3, -0.25) is 4.98 Å². The van der Waals surface area contributed by atoms with Gasteiger partial charge in [0.15, 0.2) is 0 Å². The van der Waals surface area contributed by atoms with Crippen molar-refractivity contribution in [3.8, 4) is 0 Å². The molecule has 1 N–H and O–H groups in total. The number of nitrogens with zero attached hydrogens (tertiary/aromatic N) is 3. The van der Waals surface area contributed by atoms with Crippen LogP contribution in [-0.4, -0.2) is 34.8 Å². The lowest BCUT2D eigenvalue weighted by Gasteiger charge is -2.09. The number of ether oxygens (including phenoxy) is 1. The van der Waals surface area contributed by atoms with E-state index >= 15 is 0 Å². The summed E-state index contributed by atoms with van der Waals surface area (Å²) in [5.41, 5.74) is 2.11. The highest BCUT2D eigenvalue weighted by atomic mass is 16.5. The SMILES string of the molecule is COCCNc1nc(C)cn1CCc1ccccn1. The molecule has 0 aliphatic rings. The maximum Gasteiger partial charge on any atom is 0.203 e. The lowest BCUT2D eigenvalue weighted by molar-refractivity contribution is 0.210. The van der Waals surface area contributed by atoms with Crippen molar-refractivity contribution in [1.29, 1.82) is 0 Å². The molecule has 102 valence electrons. The Hall–Kier alpha value is -1.88. The fourth-order valence-corrected chi connectivity index (χ4v) is 1.90. The maximum atomic E-state index is 5.03. The quantitative estimate of drug-likeness (QED) is 0.772. The van der Waals surface area contributed by atoms with Crippen LogP contribution in [0.15, 0.2) is 30.6 Å². The van der Waals surface area contributed by atoms with Crippen LogP contribution in [0.4, 0.5) is 5.95 Å². The van der Waals surface area contributed by atoms with E-state index in [4.69, 9.17) is 4.74 Å². The van der Waals surface area contributed by atoms with Gasteiger partial charge in [0.25, 0.3) is 0 Å². The zero-order valence-electron chi connectivity index (χ0n) is 11.5. The summed E-state index contributed by atoms with van der Waals surface area (Å²) in [6.07, 6.45) is 4.78. The topological polar surface area (TPSA) is 52.0 Å². The first kappa shape index (κ1) is 13.5. The van der Waals surface area contributed by atoms with Gasteiger partial charge in [0.2, 0.25) is 5.95 Å². The maximum absolute atomic E-state index is 5.03. The Kier molecular flexibility index (Phi) is 4.92. The molecule has 2 heterocycles. The van der Waals surface area contributed by atoms with Gasteiger partial charge in [0.1, 0.15) is 0 Å². The molecular formula is C14H20N4O. The van der Waals surface area contributed by atoms with Crippen molar-refractivity contribution >= 4 is 5.95 Å². The second-order valence-electron chi connectivity index (χ2n) is 4.39. The van der Waals surface area contributed by atoms with Crippen molar-refractivity contribution in [3.63, 3.8) is 0 Å². The van der Waals surface area contributed by atoms with E-state index in [0.717, 1.165) is 36.8 Å². The van der Waals surface area contributed by atoms with Crippen LogP contribution in [0.25, 0.3) is 0 Å². The molecule has 19 heavy (non-hydrogen) atoms. The molecule has 0 aliphatic heterocycles. The average molecular weight is 260 g/mol. The van der Waals surface area contributed by atoms with Crippen molar-refractivity contribution in [2.45, 2.75) is 19.9 Å².